The molecular formula is C45H94O3Si. The Morgan fingerprint density at radius 2 is 0.408 bits per heavy atom. The van der Waals surface area contributed by atoms with Crippen LogP contribution in [0.5, 0.6) is 0 Å². The molecule has 0 aromatic rings. The van der Waals surface area contributed by atoms with Crippen molar-refractivity contribution in [3.63, 3.8) is 0 Å². The van der Waals surface area contributed by atoms with Crippen molar-refractivity contribution in [3.8, 4) is 0 Å². The Balaban J connectivity index is 4.33. The minimum absolute atomic E-state index is 0.820. The Hall–Kier alpha value is 0.0969. The highest BCUT2D eigenvalue weighted by atomic mass is 28.4. The number of hydrogen-bond acceptors (Lipinski definition) is 3. The van der Waals surface area contributed by atoms with Crippen molar-refractivity contribution in [2.24, 2.45) is 0 Å². The number of rotatable bonds is 44. The van der Waals surface area contributed by atoms with Gasteiger partial charge in [-0.05, 0) is 19.3 Å². The van der Waals surface area contributed by atoms with E-state index >= 15 is 0 Å². The molecule has 4 heteroatoms. The quantitative estimate of drug-likeness (QED) is 0.0465. The minimum Gasteiger partial charge on any atom is -0.373 e. The molecule has 0 N–H and O–H groups in total. The molecule has 0 saturated heterocycles. The largest absolute Gasteiger partial charge is 0.500 e. The van der Waals surface area contributed by atoms with Crippen LogP contribution in [0.25, 0.3) is 0 Å². The molecule has 0 bridgehead atoms. The van der Waals surface area contributed by atoms with Gasteiger partial charge in [-0.1, -0.05) is 246 Å². The second-order valence-electron chi connectivity index (χ2n) is 15.6. The Morgan fingerprint density at radius 3 is 0.592 bits per heavy atom. The van der Waals surface area contributed by atoms with Crippen molar-refractivity contribution in [2.45, 2.75) is 271 Å². The van der Waals surface area contributed by atoms with Crippen molar-refractivity contribution >= 4 is 8.80 Å². The van der Waals surface area contributed by atoms with Crippen LogP contribution in [0, 0.1) is 0 Å². The van der Waals surface area contributed by atoms with E-state index in [0.717, 1.165) is 51.5 Å². The van der Waals surface area contributed by atoms with Gasteiger partial charge in [-0.2, -0.15) is 0 Å². The maximum atomic E-state index is 6.67. The molecule has 0 aliphatic rings. The molecule has 0 saturated carbocycles. The highest BCUT2D eigenvalue weighted by Gasteiger charge is 2.40. The highest BCUT2D eigenvalue weighted by Crippen LogP contribution is 2.22. The molecular weight excluding hydrogens is 617 g/mol. The fourth-order valence-electron chi connectivity index (χ4n) is 7.16. The second-order valence-corrected chi connectivity index (χ2v) is 18.4. The summed E-state index contributed by atoms with van der Waals surface area (Å²) in [5, 5.41) is 0. The van der Waals surface area contributed by atoms with E-state index in [1.54, 1.807) is 0 Å². The Bertz CT molecular complexity index is 512. The average molecular weight is 711 g/mol. The van der Waals surface area contributed by atoms with Crippen LogP contribution in [0.3, 0.4) is 0 Å². The van der Waals surface area contributed by atoms with Gasteiger partial charge in [0.05, 0.1) is 0 Å². The molecule has 0 aliphatic heterocycles. The fourth-order valence-corrected chi connectivity index (χ4v) is 9.82. The SMILES string of the molecule is CCCCCCCCCCCCCCO[Si](CCC)(OCCCCCCCCCCCCCC)OCCCCCCCCCCCCCC. The van der Waals surface area contributed by atoms with Gasteiger partial charge in [0.1, 0.15) is 0 Å². The van der Waals surface area contributed by atoms with Crippen LogP contribution in [-0.2, 0) is 13.3 Å². The van der Waals surface area contributed by atoms with Gasteiger partial charge in [-0.3, -0.25) is 0 Å². The zero-order chi connectivity index (χ0) is 35.6. The first-order valence-electron chi connectivity index (χ1n) is 23.2. The van der Waals surface area contributed by atoms with Crippen molar-refractivity contribution in [2.75, 3.05) is 19.8 Å². The van der Waals surface area contributed by atoms with Crippen molar-refractivity contribution in [1.82, 2.24) is 0 Å². The average Bonchev–Trinajstić information content (AvgIpc) is 3.11. The predicted octanol–water partition coefficient (Wildman–Crippen LogP) is 16.5. The van der Waals surface area contributed by atoms with Crippen LogP contribution in [0.15, 0.2) is 0 Å². The van der Waals surface area contributed by atoms with Crippen molar-refractivity contribution < 1.29 is 13.3 Å². The lowest BCUT2D eigenvalue weighted by Gasteiger charge is -2.30. The lowest BCUT2D eigenvalue weighted by Crippen LogP contribution is -2.46. The van der Waals surface area contributed by atoms with Gasteiger partial charge in [0, 0.05) is 25.9 Å². The van der Waals surface area contributed by atoms with Crippen molar-refractivity contribution in [3.05, 3.63) is 0 Å². The normalized spacial score (nSPS) is 12.0. The van der Waals surface area contributed by atoms with E-state index in [1.165, 1.54) is 212 Å². The summed E-state index contributed by atoms with van der Waals surface area (Å²) < 4.78 is 20.0. The molecule has 0 rings (SSSR count). The predicted molar refractivity (Wildman–Crippen MR) is 222 cm³/mol. The zero-order valence-corrected chi connectivity index (χ0v) is 35.7. The summed E-state index contributed by atoms with van der Waals surface area (Å²) in [4.78, 5) is 0. The molecule has 0 aromatic heterocycles. The number of unbranched alkanes of at least 4 members (excludes halogenated alkanes) is 33. The lowest BCUT2D eigenvalue weighted by molar-refractivity contribution is 0.0550. The summed E-state index contributed by atoms with van der Waals surface area (Å²) in [7, 11) is -2.60. The van der Waals surface area contributed by atoms with Crippen LogP contribution < -0.4 is 0 Å². The van der Waals surface area contributed by atoms with Crippen LogP contribution in [0.1, 0.15) is 265 Å². The van der Waals surface area contributed by atoms with E-state index < -0.39 is 8.80 Å². The maximum Gasteiger partial charge on any atom is 0.500 e. The summed E-state index contributed by atoms with van der Waals surface area (Å²) >= 11 is 0. The summed E-state index contributed by atoms with van der Waals surface area (Å²) in [5.74, 6) is 0. The third kappa shape index (κ3) is 37.7. The van der Waals surface area contributed by atoms with E-state index in [-0.39, 0.29) is 0 Å². The standard InChI is InChI=1S/C45H94O3Si/c1-5-9-12-15-18-21-24-27-30-33-36-39-42-46-49(45-8-4,47-43-40-37-34-31-28-25-22-19-16-13-10-6-2)48-44-41-38-35-32-29-26-23-20-17-14-11-7-3/h5-45H2,1-4H3. The summed E-state index contributed by atoms with van der Waals surface area (Å²) in [6.07, 6.45) is 50.7. The van der Waals surface area contributed by atoms with Crippen LogP contribution in [0.4, 0.5) is 0 Å². The molecule has 0 spiro atoms. The highest BCUT2D eigenvalue weighted by molar-refractivity contribution is 6.60. The van der Waals surface area contributed by atoms with Gasteiger partial charge in [-0.25, -0.2) is 0 Å². The van der Waals surface area contributed by atoms with Gasteiger partial charge in [-0.15, -0.1) is 0 Å². The Labute approximate surface area is 312 Å². The molecule has 3 nitrogen and oxygen atoms in total. The minimum atomic E-state index is -2.60. The van der Waals surface area contributed by atoms with Crippen LogP contribution >= 0.6 is 0 Å². The topological polar surface area (TPSA) is 27.7 Å². The van der Waals surface area contributed by atoms with Crippen LogP contribution in [0.2, 0.25) is 6.04 Å². The molecule has 296 valence electrons. The molecule has 0 radical (unpaired) electrons. The van der Waals surface area contributed by atoms with E-state index in [0.29, 0.717) is 0 Å². The molecule has 49 heavy (non-hydrogen) atoms. The Morgan fingerprint density at radius 1 is 0.224 bits per heavy atom. The molecule has 0 aromatic carbocycles. The Kier molecular flexibility index (Phi) is 42.6. The van der Waals surface area contributed by atoms with Gasteiger partial charge in [0.15, 0.2) is 0 Å². The monoisotopic (exact) mass is 711 g/mol. The molecule has 0 atom stereocenters. The van der Waals surface area contributed by atoms with E-state index in [2.05, 4.69) is 27.7 Å². The molecule has 0 fully saturated rings. The van der Waals surface area contributed by atoms with Gasteiger partial charge in [0.25, 0.3) is 0 Å². The smallest absolute Gasteiger partial charge is 0.373 e. The molecule has 0 aliphatic carbocycles. The zero-order valence-electron chi connectivity index (χ0n) is 34.7. The molecule has 0 unspecified atom stereocenters. The van der Waals surface area contributed by atoms with E-state index in [4.69, 9.17) is 13.3 Å². The number of hydrogen-bond donors (Lipinski definition) is 0. The molecule has 0 amide bonds. The fraction of sp³-hybridized carbons (Fsp3) is 1.00. The maximum absolute atomic E-state index is 6.67. The van der Waals surface area contributed by atoms with E-state index in [9.17, 15) is 0 Å². The van der Waals surface area contributed by atoms with Gasteiger partial charge >= 0.3 is 8.80 Å². The first-order chi connectivity index (χ1) is 24.2. The third-order valence-electron chi connectivity index (χ3n) is 10.5. The van der Waals surface area contributed by atoms with Crippen molar-refractivity contribution in [1.29, 1.82) is 0 Å². The first-order valence-corrected chi connectivity index (χ1v) is 25.1. The first kappa shape index (κ1) is 49.1. The van der Waals surface area contributed by atoms with Gasteiger partial charge < -0.3 is 13.3 Å². The summed E-state index contributed by atoms with van der Waals surface area (Å²) in [6.45, 7) is 11.6. The van der Waals surface area contributed by atoms with Gasteiger partial charge in [0.2, 0.25) is 0 Å². The molecule has 0 heterocycles. The van der Waals surface area contributed by atoms with Crippen LogP contribution in [-0.4, -0.2) is 28.6 Å². The summed E-state index contributed by atoms with van der Waals surface area (Å²) in [5.41, 5.74) is 0. The third-order valence-corrected chi connectivity index (χ3v) is 13.6. The van der Waals surface area contributed by atoms with E-state index in [1.807, 2.05) is 0 Å². The lowest BCUT2D eigenvalue weighted by atomic mass is 10.1. The summed E-state index contributed by atoms with van der Waals surface area (Å²) in [6, 6.07) is 0.974. The second kappa shape index (κ2) is 42.5.